The van der Waals surface area contributed by atoms with E-state index < -0.39 is 25.0 Å². The number of ether oxygens (including phenoxy) is 2. The van der Waals surface area contributed by atoms with Gasteiger partial charge in [0, 0.05) is 98.6 Å². The molecule has 9 aromatic rings. The fraction of sp³-hybridized carbons (Fsp3) is 0.296. The van der Waals surface area contributed by atoms with Gasteiger partial charge >= 0.3 is 0 Å². The van der Waals surface area contributed by atoms with Crippen molar-refractivity contribution in [2.24, 2.45) is 8.73 Å². The zero-order chi connectivity index (χ0) is 50.7. The van der Waals surface area contributed by atoms with Crippen molar-refractivity contribution in [3.63, 3.8) is 0 Å². The van der Waals surface area contributed by atoms with Gasteiger partial charge in [0.15, 0.2) is 34.6 Å². The molecule has 0 bridgehead atoms. The molecule has 3 aromatic carbocycles. The average Bonchev–Trinajstić information content (AvgIpc) is 4.06. The highest BCUT2D eigenvalue weighted by Crippen LogP contribution is 2.43. The van der Waals surface area contributed by atoms with Crippen LogP contribution < -0.4 is 9.80 Å². The summed E-state index contributed by atoms with van der Waals surface area (Å²) in [6, 6.07) is 38.8. The highest BCUT2D eigenvalue weighted by atomic mass is 32.2. The van der Waals surface area contributed by atoms with Crippen molar-refractivity contribution in [3.8, 4) is 22.8 Å². The highest BCUT2D eigenvalue weighted by Gasteiger charge is 2.41. The number of aromatic amines is 1. The molecule has 6 aromatic heterocycles. The van der Waals surface area contributed by atoms with E-state index in [1.165, 1.54) is 0 Å². The molecule has 2 aliphatic heterocycles. The summed E-state index contributed by atoms with van der Waals surface area (Å²) in [7, 11) is -4.83. The van der Waals surface area contributed by atoms with E-state index in [1.807, 2.05) is 47.3 Å². The first kappa shape index (κ1) is 51.4. The van der Waals surface area contributed by atoms with E-state index in [9.17, 15) is 8.42 Å². The maximum atomic E-state index is 12.8. The second-order valence-corrected chi connectivity index (χ2v) is 23.6. The van der Waals surface area contributed by atoms with Crippen molar-refractivity contribution in [3.05, 3.63) is 157 Å². The molecule has 2 fully saturated rings. The van der Waals surface area contributed by atoms with Gasteiger partial charge in [0.25, 0.3) is 0 Å². The van der Waals surface area contributed by atoms with Crippen LogP contribution in [0.5, 0.6) is 0 Å². The number of nitrogens with one attached hydrogen (secondary N) is 1. The second-order valence-electron chi connectivity index (χ2n) is 18.5. The van der Waals surface area contributed by atoms with Crippen LogP contribution >= 0.6 is 0 Å². The van der Waals surface area contributed by atoms with Crippen molar-refractivity contribution in [1.82, 2.24) is 49.9 Å². The number of hydrogen-bond acceptors (Lipinski definition) is 16. The number of rotatable bonds is 10. The number of aromatic nitrogens is 10. The number of pyridine rings is 2. The first-order valence-corrected chi connectivity index (χ1v) is 28.5. The maximum Gasteiger partial charge on any atom is 0.167 e. The summed E-state index contributed by atoms with van der Waals surface area (Å²) in [4.78, 5) is 32.7. The van der Waals surface area contributed by atoms with Crippen LogP contribution in [0.15, 0.2) is 149 Å². The second kappa shape index (κ2) is 21.5. The lowest BCUT2D eigenvalue weighted by Crippen LogP contribution is -2.44. The Labute approximate surface area is 432 Å². The zero-order valence-electron chi connectivity index (χ0n) is 41.4. The SMILES string of the molecule is C.C[C@@H]1COCCN1c1cc(N=S(C)(C)=O)nc(-c2ccnc3[nH]ncc23)n1.C[C@@H]1COCCN1c1cc(N=S(C)(C)=O)nc(-c2ccnc3c2cnn3C(c2ccccc2)(c2ccccc2)c2ccccc2)n1. The third-order valence-electron chi connectivity index (χ3n) is 12.5. The van der Waals surface area contributed by atoms with Crippen LogP contribution in [-0.4, -0.2) is 135 Å². The normalized spacial score (nSPS) is 16.3. The van der Waals surface area contributed by atoms with Crippen molar-refractivity contribution in [1.29, 1.82) is 0 Å². The molecule has 11 rings (SSSR count). The number of benzene rings is 3. The third kappa shape index (κ3) is 10.7. The summed E-state index contributed by atoms with van der Waals surface area (Å²) < 4.78 is 47.1. The molecule has 1 N–H and O–H groups in total. The molecule has 0 aliphatic carbocycles. The lowest BCUT2D eigenvalue weighted by molar-refractivity contribution is 0.0985. The van der Waals surface area contributed by atoms with Crippen molar-refractivity contribution >= 4 is 64.8 Å². The Kier molecular flexibility index (Phi) is 14.9. The van der Waals surface area contributed by atoms with Gasteiger partial charge < -0.3 is 19.3 Å². The zero-order valence-corrected chi connectivity index (χ0v) is 43.1. The lowest BCUT2D eigenvalue weighted by atomic mass is 9.77. The monoisotopic (exact) mass is 1030 g/mol. The molecule has 2 saturated heterocycles. The molecule has 8 heterocycles. The van der Waals surface area contributed by atoms with E-state index in [0.29, 0.717) is 73.4 Å². The van der Waals surface area contributed by atoms with Gasteiger partial charge in [0.1, 0.15) is 17.2 Å². The lowest BCUT2D eigenvalue weighted by Gasteiger charge is -2.36. The van der Waals surface area contributed by atoms with Gasteiger partial charge in [-0.1, -0.05) is 98.4 Å². The van der Waals surface area contributed by atoms with Crippen LogP contribution in [0.25, 0.3) is 44.8 Å². The summed E-state index contributed by atoms with van der Waals surface area (Å²) in [6.07, 6.45) is 13.4. The minimum Gasteiger partial charge on any atom is -0.377 e. The topological polar surface area (TPSA) is 208 Å². The van der Waals surface area contributed by atoms with Gasteiger partial charge in [-0.3, -0.25) is 5.10 Å². The Balaban J connectivity index is 0.000000205. The molecule has 0 amide bonds. The van der Waals surface area contributed by atoms with Crippen molar-refractivity contribution < 1.29 is 17.9 Å². The van der Waals surface area contributed by atoms with Crippen molar-refractivity contribution in [2.45, 2.75) is 38.9 Å². The molecule has 18 nitrogen and oxygen atoms in total. The fourth-order valence-electron chi connectivity index (χ4n) is 9.38. The molecule has 20 heteroatoms. The summed E-state index contributed by atoms with van der Waals surface area (Å²) in [5.74, 6) is 3.20. The summed E-state index contributed by atoms with van der Waals surface area (Å²) in [5.41, 5.74) is 5.21. The summed E-state index contributed by atoms with van der Waals surface area (Å²) >= 11 is 0. The maximum absolute atomic E-state index is 12.8. The molecular weight excluding hydrogens is 973 g/mol. The highest BCUT2D eigenvalue weighted by molar-refractivity contribution is 7.92. The average molecular weight is 1030 g/mol. The van der Waals surface area contributed by atoms with E-state index in [-0.39, 0.29) is 19.5 Å². The third-order valence-corrected chi connectivity index (χ3v) is 13.8. The molecule has 0 saturated carbocycles. The predicted octanol–water partition coefficient (Wildman–Crippen LogP) is 8.95. The number of morpholine rings is 2. The number of nitrogens with zero attached hydrogens (tertiary/aromatic N) is 13. The van der Waals surface area contributed by atoms with Crippen molar-refractivity contribution in [2.75, 3.05) is 74.3 Å². The van der Waals surface area contributed by atoms with E-state index in [0.717, 1.165) is 51.0 Å². The molecule has 2 atom stereocenters. The molecule has 0 spiro atoms. The van der Waals surface area contributed by atoms with Crippen LogP contribution in [0.3, 0.4) is 0 Å². The minimum absolute atomic E-state index is 0. The van der Waals surface area contributed by atoms with Crippen LogP contribution in [0.2, 0.25) is 0 Å². The number of anilines is 2. The quantitative estimate of drug-likeness (QED) is 0.127. The number of H-pyrrole nitrogens is 1. The van der Waals surface area contributed by atoms with Gasteiger partial charge in [-0.2, -0.15) is 18.9 Å². The smallest absolute Gasteiger partial charge is 0.167 e. The summed E-state index contributed by atoms with van der Waals surface area (Å²) in [5, 5.41) is 13.6. The Morgan fingerprint density at radius 1 is 0.608 bits per heavy atom. The minimum atomic E-state index is -2.47. The van der Waals surface area contributed by atoms with E-state index in [2.05, 4.69) is 125 Å². The first-order valence-electron chi connectivity index (χ1n) is 23.8. The van der Waals surface area contributed by atoms with Gasteiger partial charge in [-0.15, -0.1) is 0 Å². The molecule has 0 radical (unpaired) electrons. The van der Waals surface area contributed by atoms with Crippen LogP contribution in [0, 0.1) is 0 Å². The van der Waals surface area contributed by atoms with Gasteiger partial charge in [0.05, 0.1) is 56.3 Å². The number of hydrogen-bond donors (Lipinski definition) is 1. The predicted molar refractivity (Wildman–Crippen MR) is 294 cm³/mol. The molecule has 0 unspecified atom stereocenters. The van der Waals surface area contributed by atoms with Crippen LogP contribution in [-0.2, 0) is 34.5 Å². The molecular formula is C54H60N14O4S2. The number of fused-ring (bicyclic) bond motifs is 2. The van der Waals surface area contributed by atoms with Gasteiger partial charge in [-0.05, 0) is 42.7 Å². The van der Waals surface area contributed by atoms with E-state index in [1.54, 1.807) is 49.7 Å². The Hall–Kier alpha value is -7.52. The molecule has 2 aliphatic rings. The van der Waals surface area contributed by atoms with Gasteiger partial charge in [0.2, 0.25) is 0 Å². The fourth-order valence-corrected chi connectivity index (χ4v) is 10.5. The molecule has 382 valence electrons. The Morgan fingerprint density at radius 2 is 1.07 bits per heavy atom. The standard InChI is InChI=1S/C36H35N7O2S.C17H21N7O2S.CH4/c1-26-25-45-22-21-42(26)33-23-32(41-46(2,3)44)39-34(40-33)30-19-20-37-35-31(30)24-38-43(35)36(27-13-7-4-8-14-27,28-15-9-5-10-16-28)29-17-11-6-12-18-29;1-11-10-26-7-6-24(11)15-8-14(23-27(2,3)25)20-17(21-15)12-4-5-18-16-13(12)9-19-22-16;/h4-20,23-24,26H,21-22,25H2,1-3H3;4-5,8-9,11H,6-7,10H2,1-3H3,(H,18,19,22);1H4/t26-;11-;/m11./s1. The Bertz CT molecular complexity index is 3560. The summed E-state index contributed by atoms with van der Waals surface area (Å²) in [6.45, 7) is 8.05. The van der Waals surface area contributed by atoms with E-state index >= 15 is 0 Å². The largest absolute Gasteiger partial charge is 0.377 e. The molecule has 74 heavy (non-hydrogen) atoms. The van der Waals surface area contributed by atoms with Crippen LogP contribution in [0.4, 0.5) is 23.3 Å². The first-order chi connectivity index (χ1) is 35.2. The van der Waals surface area contributed by atoms with Gasteiger partial charge in [-0.25, -0.2) is 43.0 Å². The Morgan fingerprint density at radius 3 is 1.53 bits per heavy atom. The van der Waals surface area contributed by atoms with E-state index in [4.69, 9.17) is 34.5 Å². The van der Waals surface area contributed by atoms with Crippen LogP contribution in [0.1, 0.15) is 38.0 Å².